The summed E-state index contributed by atoms with van der Waals surface area (Å²) in [6, 6.07) is 1.95. The van der Waals surface area contributed by atoms with Gasteiger partial charge < -0.3 is 9.30 Å². The van der Waals surface area contributed by atoms with Gasteiger partial charge in [0.2, 0.25) is 0 Å². The average Bonchev–Trinajstić information content (AvgIpc) is 2.63. The number of carbonyl (C=O) groups excluding carboxylic acids is 1. The number of ketones is 1. The normalized spacial score (nSPS) is 13.6. The molecule has 0 aliphatic carbocycles. The third kappa shape index (κ3) is 4.10. The number of carbonyl (C=O) groups is 1. The van der Waals surface area contributed by atoms with Gasteiger partial charge in [-0.1, -0.05) is 13.8 Å². The Morgan fingerprint density at radius 2 is 2.05 bits per heavy atom. The van der Waals surface area contributed by atoms with Crippen LogP contribution in [0.4, 0.5) is 0 Å². The summed E-state index contributed by atoms with van der Waals surface area (Å²) in [4.78, 5) is 12.1. The van der Waals surface area contributed by atoms with Gasteiger partial charge in [0, 0.05) is 37.2 Å². The van der Waals surface area contributed by atoms with Crippen LogP contribution >= 0.6 is 11.6 Å². The molecule has 0 aliphatic heterocycles. The van der Waals surface area contributed by atoms with Gasteiger partial charge in [-0.3, -0.25) is 4.79 Å². The van der Waals surface area contributed by atoms with Gasteiger partial charge in [-0.05, 0) is 38.7 Å². The van der Waals surface area contributed by atoms with Crippen molar-refractivity contribution in [2.45, 2.75) is 53.0 Å². The molecule has 3 nitrogen and oxygen atoms in total. The quantitative estimate of drug-likeness (QED) is 0.563. The highest BCUT2D eigenvalue weighted by Crippen LogP contribution is 2.27. The molecule has 0 bridgehead atoms. The van der Waals surface area contributed by atoms with Gasteiger partial charge in [-0.25, -0.2) is 0 Å². The number of hydrogen-bond acceptors (Lipinski definition) is 2. The van der Waals surface area contributed by atoms with E-state index in [-0.39, 0.29) is 11.2 Å². The molecule has 114 valence electrons. The van der Waals surface area contributed by atoms with Crippen molar-refractivity contribution in [1.29, 1.82) is 0 Å². The van der Waals surface area contributed by atoms with Gasteiger partial charge in [0.15, 0.2) is 5.78 Å². The Morgan fingerprint density at radius 3 is 2.55 bits per heavy atom. The van der Waals surface area contributed by atoms with Crippen LogP contribution in [0.5, 0.6) is 0 Å². The van der Waals surface area contributed by atoms with Crippen molar-refractivity contribution < 1.29 is 9.53 Å². The van der Waals surface area contributed by atoms with Crippen molar-refractivity contribution in [2.24, 2.45) is 5.41 Å². The van der Waals surface area contributed by atoms with Crippen LogP contribution in [0.3, 0.4) is 0 Å². The smallest absolute Gasteiger partial charge is 0.182 e. The second-order valence-electron chi connectivity index (χ2n) is 6.26. The molecule has 0 radical (unpaired) electrons. The monoisotopic (exact) mass is 299 g/mol. The van der Waals surface area contributed by atoms with E-state index in [2.05, 4.69) is 18.4 Å². The van der Waals surface area contributed by atoms with Crippen LogP contribution in [0.1, 0.15) is 48.9 Å². The van der Waals surface area contributed by atoms with Gasteiger partial charge in [0.1, 0.15) is 0 Å². The fourth-order valence-electron chi connectivity index (χ4n) is 2.39. The average molecular weight is 300 g/mol. The third-order valence-electron chi connectivity index (χ3n) is 3.77. The molecule has 1 atom stereocenters. The van der Waals surface area contributed by atoms with E-state index in [1.54, 1.807) is 14.0 Å². The lowest BCUT2D eigenvalue weighted by molar-refractivity contribution is 0.0990. The first-order chi connectivity index (χ1) is 9.19. The predicted octanol–water partition coefficient (Wildman–Crippen LogP) is 3.98. The van der Waals surface area contributed by atoms with Gasteiger partial charge >= 0.3 is 0 Å². The number of alkyl halides is 1. The number of aromatic nitrogens is 1. The van der Waals surface area contributed by atoms with E-state index in [4.69, 9.17) is 16.3 Å². The van der Waals surface area contributed by atoms with Crippen LogP contribution < -0.4 is 0 Å². The summed E-state index contributed by atoms with van der Waals surface area (Å²) in [7, 11) is 1.72. The lowest BCUT2D eigenvalue weighted by atomic mass is 9.89. The van der Waals surface area contributed by atoms with E-state index in [1.165, 1.54) is 0 Å². The summed E-state index contributed by atoms with van der Waals surface area (Å²) >= 11 is 5.92. The number of halogens is 1. The standard InChI is InChI=1S/C16H26ClNO2/c1-11-9-14(15(19)12(2)17)13(3)18(11)10-16(4,5)7-8-20-6/h9,12H,7-8,10H2,1-6H3. The molecule has 1 aromatic rings. The molecule has 20 heavy (non-hydrogen) atoms. The maximum atomic E-state index is 12.1. The largest absolute Gasteiger partial charge is 0.385 e. The number of aryl methyl sites for hydroxylation is 1. The molecule has 0 aliphatic rings. The fraction of sp³-hybridized carbons (Fsp3) is 0.688. The van der Waals surface area contributed by atoms with E-state index in [0.717, 1.165) is 36.5 Å². The van der Waals surface area contributed by atoms with Crippen LogP contribution in [0.25, 0.3) is 0 Å². The Morgan fingerprint density at radius 1 is 1.45 bits per heavy atom. The zero-order valence-corrected chi connectivity index (χ0v) is 14.2. The third-order valence-corrected chi connectivity index (χ3v) is 3.97. The summed E-state index contributed by atoms with van der Waals surface area (Å²) in [5.41, 5.74) is 2.98. The minimum atomic E-state index is -0.481. The van der Waals surface area contributed by atoms with E-state index < -0.39 is 5.38 Å². The van der Waals surface area contributed by atoms with Crippen LogP contribution in [0.2, 0.25) is 0 Å². The number of methoxy groups -OCH3 is 1. The summed E-state index contributed by atoms with van der Waals surface area (Å²) in [5.74, 6) is 0.000661. The first-order valence-electron chi connectivity index (χ1n) is 7.03. The zero-order chi connectivity index (χ0) is 15.5. The van der Waals surface area contributed by atoms with Crippen molar-refractivity contribution in [1.82, 2.24) is 4.57 Å². The Kier molecular flexibility index (Phi) is 5.84. The first-order valence-corrected chi connectivity index (χ1v) is 7.47. The molecule has 1 unspecified atom stereocenters. The van der Waals surface area contributed by atoms with E-state index in [1.807, 2.05) is 19.9 Å². The maximum Gasteiger partial charge on any atom is 0.182 e. The molecule has 0 amide bonds. The second kappa shape index (κ2) is 6.77. The molecule has 0 saturated carbocycles. The van der Waals surface area contributed by atoms with E-state index in [9.17, 15) is 4.79 Å². The molecular formula is C16H26ClNO2. The Hall–Kier alpha value is -0.800. The topological polar surface area (TPSA) is 31.2 Å². The highest BCUT2D eigenvalue weighted by Gasteiger charge is 2.24. The van der Waals surface area contributed by atoms with Crippen LogP contribution in [-0.4, -0.2) is 29.4 Å². The summed E-state index contributed by atoms with van der Waals surface area (Å²) in [6.07, 6.45) is 0.982. The van der Waals surface area contributed by atoms with Crippen molar-refractivity contribution in [3.05, 3.63) is 23.0 Å². The predicted molar refractivity (Wildman–Crippen MR) is 83.8 cm³/mol. The van der Waals surface area contributed by atoms with Crippen molar-refractivity contribution in [3.8, 4) is 0 Å². The summed E-state index contributed by atoms with van der Waals surface area (Å²) < 4.78 is 7.38. The second-order valence-corrected chi connectivity index (χ2v) is 6.91. The van der Waals surface area contributed by atoms with Gasteiger partial charge in [-0.2, -0.15) is 0 Å². The first kappa shape index (κ1) is 17.3. The number of nitrogens with zero attached hydrogens (tertiary/aromatic N) is 1. The minimum Gasteiger partial charge on any atom is -0.385 e. The number of rotatable bonds is 7. The van der Waals surface area contributed by atoms with E-state index >= 15 is 0 Å². The molecule has 0 N–H and O–H groups in total. The fourth-order valence-corrected chi connectivity index (χ4v) is 2.51. The van der Waals surface area contributed by atoms with Crippen LogP contribution in [0.15, 0.2) is 6.07 Å². The molecule has 1 aromatic heterocycles. The maximum absolute atomic E-state index is 12.1. The van der Waals surface area contributed by atoms with E-state index in [0.29, 0.717) is 0 Å². The highest BCUT2D eigenvalue weighted by atomic mass is 35.5. The van der Waals surface area contributed by atoms with Crippen LogP contribution in [-0.2, 0) is 11.3 Å². The van der Waals surface area contributed by atoms with Crippen molar-refractivity contribution in [2.75, 3.05) is 13.7 Å². The highest BCUT2D eigenvalue weighted by molar-refractivity contribution is 6.33. The molecule has 0 saturated heterocycles. The molecular weight excluding hydrogens is 274 g/mol. The van der Waals surface area contributed by atoms with Crippen molar-refractivity contribution in [3.63, 3.8) is 0 Å². The number of Topliss-reactive ketones (excluding diaryl/α,β-unsaturated/α-hetero) is 1. The Bertz CT molecular complexity index is 475. The molecule has 0 aromatic carbocycles. The van der Waals surface area contributed by atoms with Gasteiger partial charge in [0.25, 0.3) is 0 Å². The lowest BCUT2D eigenvalue weighted by Gasteiger charge is -2.27. The summed E-state index contributed by atoms with van der Waals surface area (Å²) in [5, 5.41) is -0.481. The number of hydrogen-bond donors (Lipinski definition) is 0. The summed E-state index contributed by atoms with van der Waals surface area (Å²) in [6.45, 7) is 11.8. The van der Waals surface area contributed by atoms with Crippen LogP contribution in [0, 0.1) is 19.3 Å². The minimum absolute atomic E-state index is 0.000661. The zero-order valence-electron chi connectivity index (χ0n) is 13.4. The molecule has 1 rings (SSSR count). The lowest BCUT2D eigenvalue weighted by Crippen LogP contribution is -2.23. The SMILES string of the molecule is COCCC(C)(C)Cn1c(C)cc(C(=O)C(C)Cl)c1C. The van der Waals surface area contributed by atoms with Gasteiger partial charge in [-0.15, -0.1) is 11.6 Å². The van der Waals surface area contributed by atoms with Gasteiger partial charge in [0.05, 0.1) is 5.38 Å². The molecule has 0 fully saturated rings. The molecule has 1 heterocycles. The molecule has 4 heteroatoms. The Balaban J connectivity index is 3.00. The van der Waals surface area contributed by atoms with Crippen molar-refractivity contribution >= 4 is 17.4 Å². The number of ether oxygens (including phenoxy) is 1. The molecule has 0 spiro atoms. The Labute approximate surface area is 127 Å².